The van der Waals surface area contributed by atoms with E-state index >= 15 is 0 Å². The van der Waals surface area contributed by atoms with Crippen molar-refractivity contribution in [1.29, 1.82) is 0 Å². The molecule has 0 bridgehead atoms. The molecule has 0 saturated heterocycles. The third-order valence-corrected chi connectivity index (χ3v) is 4.99. The van der Waals surface area contributed by atoms with Crippen molar-refractivity contribution >= 4 is 39.0 Å². The topological polar surface area (TPSA) is 89.5 Å². The van der Waals surface area contributed by atoms with Gasteiger partial charge in [-0.05, 0) is 55.8 Å². The van der Waals surface area contributed by atoms with Crippen LogP contribution in [0.5, 0.6) is 0 Å². The van der Waals surface area contributed by atoms with Gasteiger partial charge in [-0.3, -0.25) is 4.79 Å². The largest absolute Gasteiger partial charge is 0.449 e. The number of carbonyl (C=O) groups excluding carboxylic acids is 2. The zero-order valence-electron chi connectivity index (χ0n) is 14.4. The molecule has 2 aromatic carbocycles. The molecule has 2 rings (SSSR count). The highest BCUT2D eigenvalue weighted by Crippen LogP contribution is 2.20. The van der Waals surface area contributed by atoms with Gasteiger partial charge in [-0.25, -0.2) is 13.2 Å². The van der Waals surface area contributed by atoms with Gasteiger partial charge < -0.3 is 10.1 Å². The van der Waals surface area contributed by atoms with Crippen LogP contribution >= 0.6 is 11.6 Å². The van der Waals surface area contributed by atoms with Crippen LogP contribution in [0, 0.1) is 6.92 Å². The van der Waals surface area contributed by atoms with Gasteiger partial charge in [-0.15, -0.1) is 0 Å². The summed E-state index contributed by atoms with van der Waals surface area (Å²) in [5, 5.41) is 3.13. The van der Waals surface area contributed by atoms with Gasteiger partial charge >= 0.3 is 5.97 Å². The fourth-order valence-electron chi connectivity index (χ4n) is 2.08. The number of halogens is 1. The average Bonchev–Trinajstić information content (AvgIpc) is 2.57. The van der Waals surface area contributed by atoms with E-state index in [1.807, 2.05) is 6.92 Å². The quantitative estimate of drug-likeness (QED) is 0.785. The Morgan fingerprint density at radius 2 is 1.73 bits per heavy atom. The van der Waals surface area contributed by atoms with Gasteiger partial charge in [0.1, 0.15) is 0 Å². The Balaban J connectivity index is 2.04. The number of anilines is 1. The van der Waals surface area contributed by atoms with Gasteiger partial charge in [-0.1, -0.05) is 17.7 Å². The molecular weight excluding hydrogens is 378 g/mol. The first kappa shape index (κ1) is 19.9. The molecule has 0 aliphatic heterocycles. The Hall–Kier alpha value is -2.38. The number of aryl methyl sites for hydroxylation is 1. The van der Waals surface area contributed by atoms with E-state index in [1.54, 1.807) is 18.2 Å². The summed E-state index contributed by atoms with van der Waals surface area (Å²) < 4.78 is 28.0. The predicted octanol–water partition coefficient (Wildman–Crippen LogP) is 3.24. The van der Waals surface area contributed by atoms with E-state index in [2.05, 4.69) is 5.32 Å². The minimum absolute atomic E-state index is 0.0938. The van der Waals surface area contributed by atoms with Crippen molar-refractivity contribution in [2.45, 2.75) is 24.8 Å². The SMILES string of the molecule is Cc1ccc(Cl)cc1NC(=O)[C@@H](C)OC(=O)c1ccc(S(C)(=O)=O)cc1. The molecule has 2 aromatic rings. The number of benzene rings is 2. The lowest BCUT2D eigenvalue weighted by Gasteiger charge is -2.15. The molecule has 1 amide bonds. The van der Waals surface area contributed by atoms with Gasteiger partial charge in [-0.2, -0.15) is 0 Å². The average molecular weight is 396 g/mol. The number of hydrogen-bond acceptors (Lipinski definition) is 5. The van der Waals surface area contributed by atoms with Crippen molar-refractivity contribution < 1.29 is 22.7 Å². The van der Waals surface area contributed by atoms with E-state index in [-0.39, 0.29) is 10.5 Å². The fourth-order valence-corrected chi connectivity index (χ4v) is 2.89. The van der Waals surface area contributed by atoms with E-state index in [0.29, 0.717) is 10.7 Å². The monoisotopic (exact) mass is 395 g/mol. The molecule has 6 nitrogen and oxygen atoms in total. The van der Waals surface area contributed by atoms with Crippen molar-refractivity contribution in [3.05, 3.63) is 58.6 Å². The molecule has 0 spiro atoms. The van der Waals surface area contributed by atoms with Crippen LogP contribution in [0.1, 0.15) is 22.8 Å². The maximum Gasteiger partial charge on any atom is 0.338 e. The zero-order chi connectivity index (χ0) is 19.5. The van der Waals surface area contributed by atoms with Gasteiger partial charge in [0.05, 0.1) is 10.5 Å². The summed E-state index contributed by atoms with van der Waals surface area (Å²) in [7, 11) is -3.35. The summed E-state index contributed by atoms with van der Waals surface area (Å²) in [5.74, 6) is -1.23. The van der Waals surface area contributed by atoms with Gasteiger partial charge in [0, 0.05) is 17.0 Å². The molecule has 0 radical (unpaired) electrons. The van der Waals surface area contributed by atoms with Crippen LogP contribution in [0.25, 0.3) is 0 Å². The standard InChI is InChI=1S/C18H18ClNO5S/c1-11-4-7-14(19)10-16(11)20-17(21)12(2)25-18(22)13-5-8-15(9-6-13)26(3,23)24/h4-10,12H,1-3H3,(H,20,21)/t12-/m1/s1. The van der Waals surface area contributed by atoms with Crippen LogP contribution in [-0.4, -0.2) is 32.7 Å². The lowest BCUT2D eigenvalue weighted by Crippen LogP contribution is -2.30. The van der Waals surface area contributed by atoms with Crippen LogP contribution in [0.4, 0.5) is 5.69 Å². The van der Waals surface area contributed by atoms with E-state index < -0.39 is 27.8 Å². The Morgan fingerprint density at radius 1 is 1.12 bits per heavy atom. The first-order valence-corrected chi connectivity index (χ1v) is 9.93. The first-order valence-electron chi connectivity index (χ1n) is 7.66. The van der Waals surface area contributed by atoms with Crippen molar-refractivity contribution in [3.8, 4) is 0 Å². The summed E-state index contributed by atoms with van der Waals surface area (Å²) in [6.45, 7) is 3.25. The predicted molar refractivity (Wildman–Crippen MR) is 99.2 cm³/mol. The summed E-state index contributed by atoms with van der Waals surface area (Å²) >= 11 is 5.91. The second kappa shape index (κ2) is 7.88. The number of esters is 1. The highest BCUT2D eigenvalue weighted by atomic mass is 35.5. The molecular formula is C18H18ClNO5S. The second-order valence-electron chi connectivity index (χ2n) is 5.79. The van der Waals surface area contributed by atoms with Crippen molar-refractivity contribution in [2.75, 3.05) is 11.6 Å². The van der Waals surface area contributed by atoms with E-state index in [1.165, 1.54) is 31.2 Å². The van der Waals surface area contributed by atoms with Crippen LogP contribution in [0.2, 0.25) is 5.02 Å². The highest BCUT2D eigenvalue weighted by Gasteiger charge is 2.20. The summed E-state index contributed by atoms with van der Waals surface area (Å²) in [6, 6.07) is 10.4. The van der Waals surface area contributed by atoms with E-state index in [0.717, 1.165) is 11.8 Å². The molecule has 0 aliphatic carbocycles. The lowest BCUT2D eigenvalue weighted by molar-refractivity contribution is -0.123. The second-order valence-corrected chi connectivity index (χ2v) is 8.24. The molecule has 8 heteroatoms. The molecule has 0 aromatic heterocycles. The lowest BCUT2D eigenvalue weighted by atomic mass is 10.2. The minimum Gasteiger partial charge on any atom is -0.449 e. The molecule has 1 N–H and O–H groups in total. The normalized spacial score (nSPS) is 12.3. The Bertz CT molecular complexity index is 939. The molecule has 0 saturated carbocycles. The number of ether oxygens (including phenoxy) is 1. The number of carbonyl (C=O) groups is 2. The van der Waals surface area contributed by atoms with Crippen molar-refractivity contribution in [3.63, 3.8) is 0 Å². The van der Waals surface area contributed by atoms with Gasteiger partial charge in [0.25, 0.3) is 5.91 Å². The highest BCUT2D eigenvalue weighted by molar-refractivity contribution is 7.90. The van der Waals surface area contributed by atoms with Gasteiger partial charge in [0.2, 0.25) is 0 Å². The maximum absolute atomic E-state index is 12.2. The molecule has 26 heavy (non-hydrogen) atoms. The van der Waals surface area contributed by atoms with Crippen molar-refractivity contribution in [2.24, 2.45) is 0 Å². The van der Waals surface area contributed by atoms with E-state index in [9.17, 15) is 18.0 Å². The van der Waals surface area contributed by atoms with Gasteiger partial charge in [0.15, 0.2) is 15.9 Å². The molecule has 0 fully saturated rings. The summed E-state index contributed by atoms with van der Waals surface area (Å²) in [4.78, 5) is 24.4. The van der Waals surface area contributed by atoms with Crippen LogP contribution in [0.15, 0.2) is 47.4 Å². The Labute approximate surface area is 157 Å². The third kappa shape index (κ3) is 5.06. The number of rotatable bonds is 5. The van der Waals surface area contributed by atoms with Crippen LogP contribution in [0.3, 0.4) is 0 Å². The molecule has 0 aliphatic rings. The van der Waals surface area contributed by atoms with E-state index in [4.69, 9.17) is 16.3 Å². The third-order valence-electron chi connectivity index (χ3n) is 3.63. The molecule has 0 heterocycles. The van der Waals surface area contributed by atoms with Crippen LogP contribution in [-0.2, 0) is 19.4 Å². The molecule has 1 atom stereocenters. The fraction of sp³-hybridized carbons (Fsp3) is 0.222. The molecule has 0 unspecified atom stereocenters. The maximum atomic E-state index is 12.2. The molecule has 138 valence electrons. The van der Waals surface area contributed by atoms with Crippen molar-refractivity contribution in [1.82, 2.24) is 0 Å². The summed E-state index contributed by atoms with van der Waals surface area (Å²) in [5.41, 5.74) is 1.50. The number of amides is 1. The smallest absolute Gasteiger partial charge is 0.338 e. The van der Waals surface area contributed by atoms with Crippen LogP contribution < -0.4 is 5.32 Å². The number of nitrogens with one attached hydrogen (secondary N) is 1. The number of hydrogen-bond donors (Lipinski definition) is 1. The summed E-state index contributed by atoms with van der Waals surface area (Å²) in [6.07, 6.45) is 0.0281. The Morgan fingerprint density at radius 3 is 2.31 bits per heavy atom. The number of sulfone groups is 1. The zero-order valence-corrected chi connectivity index (χ0v) is 16.0. The first-order chi connectivity index (χ1) is 12.1. The Kier molecular flexibility index (Phi) is 6.05. The minimum atomic E-state index is -3.35.